The van der Waals surface area contributed by atoms with E-state index in [-0.39, 0.29) is 0 Å². The number of rotatable bonds is 4. The average Bonchev–Trinajstić information content (AvgIpc) is 3.19. The molecule has 10 rings (SSSR count). The molecule has 0 aromatic heterocycles. The summed E-state index contributed by atoms with van der Waals surface area (Å²) >= 11 is 0. The number of hydrogen-bond acceptors (Lipinski definition) is 0. The van der Waals surface area contributed by atoms with Crippen LogP contribution in [-0.2, 0) is 0 Å². The summed E-state index contributed by atoms with van der Waals surface area (Å²) in [4.78, 5) is 0. The highest BCUT2D eigenvalue weighted by molar-refractivity contribution is 6.22. The first-order valence-electron chi connectivity index (χ1n) is 17.3. The van der Waals surface area contributed by atoms with Gasteiger partial charge in [0.1, 0.15) is 0 Å². The van der Waals surface area contributed by atoms with Gasteiger partial charge in [0.25, 0.3) is 0 Å². The highest BCUT2D eigenvalue weighted by Gasteiger charge is 2.18. The van der Waals surface area contributed by atoms with Crippen LogP contribution in [0.3, 0.4) is 0 Å². The van der Waals surface area contributed by atoms with Crippen LogP contribution in [0.2, 0.25) is 0 Å². The van der Waals surface area contributed by atoms with Crippen LogP contribution in [0.5, 0.6) is 0 Å². The molecule has 0 aliphatic carbocycles. The lowest BCUT2D eigenvalue weighted by atomic mass is 9.84. The second-order valence-electron chi connectivity index (χ2n) is 13.3. The third-order valence-electron chi connectivity index (χ3n) is 10.4. The highest BCUT2D eigenvalue weighted by Crippen LogP contribution is 2.46. The molecule has 0 heteroatoms. The molecule has 0 spiro atoms. The number of benzene rings is 10. The summed E-state index contributed by atoms with van der Waals surface area (Å²) in [6, 6.07) is 71.5. The zero-order valence-electron chi connectivity index (χ0n) is 27.5. The molecule has 0 saturated carbocycles. The van der Waals surface area contributed by atoms with E-state index in [2.05, 4.69) is 194 Å². The molecule has 0 N–H and O–H groups in total. The summed E-state index contributed by atoms with van der Waals surface area (Å²) in [5.74, 6) is 0. The molecular formula is C50H32. The van der Waals surface area contributed by atoms with E-state index in [1.54, 1.807) is 0 Å². The van der Waals surface area contributed by atoms with Crippen molar-refractivity contribution in [2.75, 3.05) is 0 Å². The van der Waals surface area contributed by atoms with E-state index < -0.39 is 0 Å². The minimum atomic E-state index is 1.22. The molecule has 0 nitrogen and oxygen atoms in total. The molecule has 0 unspecified atom stereocenters. The molecule has 0 fully saturated rings. The van der Waals surface area contributed by atoms with Gasteiger partial charge in [0, 0.05) is 0 Å². The normalized spacial score (nSPS) is 11.6. The zero-order chi connectivity index (χ0) is 33.0. The van der Waals surface area contributed by atoms with E-state index in [0.717, 1.165) is 0 Å². The van der Waals surface area contributed by atoms with Gasteiger partial charge in [-0.2, -0.15) is 0 Å². The van der Waals surface area contributed by atoms with Crippen molar-refractivity contribution in [2.45, 2.75) is 0 Å². The van der Waals surface area contributed by atoms with Crippen LogP contribution in [0.25, 0.3) is 98.4 Å². The Balaban J connectivity index is 1.26. The number of fused-ring (bicyclic) bond motifs is 5. The van der Waals surface area contributed by atoms with Crippen molar-refractivity contribution in [2.24, 2.45) is 0 Å². The summed E-state index contributed by atoms with van der Waals surface area (Å²) in [7, 11) is 0. The van der Waals surface area contributed by atoms with E-state index in [9.17, 15) is 0 Å². The molecule has 10 aromatic rings. The maximum atomic E-state index is 2.43. The van der Waals surface area contributed by atoms with E-state index >= 15 is 0 Å². The Morgan fingerprint density at radius 2 is 0.540 bits per heavy atom. The fourth-order valence-electron chi connectivity index (χ4n) is 7.92. The van der Waals surface area contributed by atoms with E-state index in [4.69, 9.17) is 0 Å². The van der Waals surface area contributed by atoms with Crippen molar-refractivity contribution >= 4 is 53.9 Å². The maximum Gasteiger partial charge on any atom is -0.00259 e. The van der Waals surface area contributed by atoms with Crippen LogP contribution in [0.4, 0.5) is 0 Å². The van der Waals surface area contributed by atoms with Gasteiger partial charge < -0.3 is 0 Å². The predicted molar refractivity (Wildman–Crippen MR) is 216 cm³/mol. The molecule has 0 bridgehead atoms. The van der Waals surface area contributed by atoms with Gasteiger partial charge in [-0.25, -0.2) is 0 Å². The first kappa shape index (κ1) is 28.5. The second-order valence-corrected chi connectivity index (χ2v) is 13.3. The van der Waals surface area contributed by atoms with E-state index in [1.165, 1.54) is 98.4 Å². The fraction of sp³-hybridized carbons (Fsp3) is 0. The Hall–Kier alpha value is -6.50. The third kappa shape index (κ3) is 4.77. The molecular weight excluding hydrogens is 601 g/mol. The third-order valence-corrected chi connectivity index (χ3v) is 10.4. The molecule has 50 heavy (non-hydrogen) atoms. The molecule has 0 atom stereocenters. The average molecular weight is 633 g/mol. The van der Waals surface area contributed by atoms with Crippen LogP contribution in [0.1, 0.15) is 0 Å². The molecule has 0 aliphatic rings. The van der Waals surface area contributed by atoms with Crippen LogP contribution in [0, 0.1) is 0 Å². The standard InChI is InChI=1S/C50H32/c1-4-13-36-28-40(23-20-33(36)10-1)39-16-9-17-43(31-39)50-46-19-8-7-18-45(46)49(44-25-22-35-12-3-6-15-38(35)30-44)47-27-26-42(32-48(47)50)41-24-21-34-11-2-5-14-37(34)29-41/h1-32H. The first-order chi connectivity index (χ1) is 24.8. The van der Waals surface area contributed by atoms with Gasteiger partial charge >= 0.3 is 0 Å². The maximum absolute atomic E-state index is 2.43. The highest BCUT2D eigenvalue weighted by atomic mass is 14.2. The Morgan fingerprint density at radius 3 is 1.12 bits per heavy atom. The Kier molecular flexibility index (Phi) is 6.60. The van der Waals surface area contributed by atoms with Crippen molar-refractivity contribution in [3.05, 3.63) is 194 Å². The van der Waals surface area contributed by atoms with Crippen molar-refractivity contribution in [3.63, 3.8) is 0 Å². The summed E-state index contributed by atoms with van der Waals surface area (Å²) in [6.45, 7) is 0. The van der Waals surface area contributed by atoms with Gasteiger partial charge in [0.15, 0.2) is 0 Å². The van der Waals surface area contributed by atoms with Crippen molar-refractivity contribution in [1.29, 1.82) is 0 Å². The first-order valence-corrected chi connectivity index (χ1v) is 17.3. The van der Waals surface area contributed by atoms with Gasteiger partial charge in [0.05, 0.1) is 0 Å². The summed E-state index contributed by atoms with van der Waals surface area (Å²) < 4.78 is 0. The van der Waals surface area contributed by atoms with Gasteiger partial charge in [0.2, 0.25) is 0 Å². The second kappa shape index (κ2) is 11.6. The summed E-state index contributed by atoms with van der Waals surface area (Å²) in [6.07, 6.45) is 0. The quantitative estimate of drug-likeness (QED) is 0.169. The molecule has 0 radical (unpaired) electrons. The SMILES string of the molecule is c1cc(-c2ccc3ccccc3c2)cc(-c2c3ccccc3c(-c3ccc4ccccc4c3)c3ccc(-c4ccc5ccccc5c4)cc23)c1. The topological polar surface area (TPSA) is 0 Å². The molecule has 10 aromatic carbocycles. The van der Waals surface area contributed by atoms with Crippen LogP contribution < -0.4 is 0 Å². The monoisotopic (exact) mass is 632 g/mol. The molecule has 0 saturated heterocycles. The zero-order valence-corrected chi connectivity index (χ0v) is 27.5. The lowest BCUT2D eigenvalue weighted by Crippen LogP contribution is -1.92. The van der Waals surface area contributed by atoms with E-state index in [0.29, 0.717) is 0 Å². The van der Waals surface area contributed by atoms with Gasteiger partial charge in [-0.3, -0.25) is 0 Å². The fourth-order valence-corrected chi connectivity index (χ4v) is 7.92. The van der Waals surface area contributed by atoms with Crippen molar-refractivity contribution in [3.8, 4) is 44.5 Å². The molecule has 232 valence electrons. The molecule has 0 heterocycles. The largest absolute Gasteiger partial charge is 0.0616 e. The molecule has 0 amide bonds. The summed E-state index contributed by atoms with van der Waals surface area (Å²) in [5.41, 5.74) is 9.89. The Bertz CT molecular complexity index is 2930. The minimum Gasteiger partial charge on any atom is -0.0616 e. The van der Waals surface area contributed by atoms with Crippen LogP contribution >= 0.6 is 0 Å². The minimum absolute atomic E-state index is 1.22. The summed E-state index contributed by atoms with van der Waals surface area (Å²) in [5, 5.41) is 12.6. The van der Waals surface area contributed by atoms with Gasteiger partial charge in [-0.15, -0.1) is 0 Å². The number of hydrogen-bond donors (Lipinski definition) is 0. The van der Waals surface area contributed by atoms with Gasteiger partial charge in [-0.1, -0.05) is 164 Å². The predicted octanol–water partition coefficient (Wildman–Crippen LogP) is 14.1. The van der Waals surface area contributed by atoms with Crippen molar-refractivity contribution < 1.29 is 0 Å². The molecule has 0 aliphatic heterocycles. The Morgan fingerprint density at radius 1 is 0.180 bits per heavy atom. The lowest BCUT2D eigenvalue weighted by Gasteiger charge is -2.19. The Labute approximate surface area is 291 Å². The van der Waals surface area contributed by atoms with Crippen molar-refractivity contribution in [1.82, 2.24) is 0 Å². The van der Waals surface area contributed by atoms with Gasteiger partial charge in [-0.05, 0) is 129 Å². The van der Waals surface area contributed by atoms with Crippen LogP contribution in [-0.4, -0.2) is 0 Å². The lowest BCUT2D eigenvalue weighted by molar-refractivity contribution is 1.62. The smallest absolute Gasteiger partial charge is 0.00259 e. The van der Waals surface area contributed by atoms with Crippen LogP contribution in [0.15, 0.2) is 194 Å². The van der Waals surface area contributed by atoms with E-state index in [1.807, 2.05) is 0 Å².